The number of carbonyl (C=O) groups excluding carboxylic acids is 1. The van der Waals surface area contributed by atoms with Crippen molar-refractivity contribution in [3.05, 3.63) is 47.5 Å². The molecule has 0 unspecified atom stereocenters. The number of fused-ring (bicyclic) bond motifs is 7. The average Bonchev–Trinajstić information content (AvgIpc) is 2.98. The molecule has 1 aromatic carbocycles. The highest BCUT2D eigenvalue weighted by Gasteiger charge is 2.70. The van der Waals surface area contributed by atoms with Crippen molar-refractivity contribution in [3.63, 3.8) is 0 Å². The van der Waals surface area contributed by atoms with Crippen LogP contribution in [0.5, 0.6) is 0 Å². The molecule has 0 bridgehead atoms. The van der Waals surface area contributed by atoms with Crippen molar-refractivity contribution < 1.29 is 19.1 Å². The van der Waals surface area contributed by atoms with Gasteiger partial charge in [-0.3, -0.25) is 4.79 Å². The first-order valence-corrected chi connectivity index (χ1v) is 22.2. The molecule has 1 aromatic rings. The summed E-state index contributed by atoms with van der Waals surface area (Å²) in [7, 11) is -2.09. The molecule has 5 heteroatoms. The Hall–Kier alpha value is -1.43. The second-order valence-electron chi connectivity index (χ2n) is 20.8. The van der Waals surface area contributed by atoms with Crippen molar-refractivity contribution in [1.82, 2.24) is 0 Å². The van der Waals surface area contributed by atoms with Crippen LogP contribution in [0.25, 0.3) is 0 Å². The first-order chi connectivity index (χ1) is 22.0. The molecular weight excluding hydrogens is 609 g/mol. The van der Waals surface area contributed by atoms with Crippen LogP contribution in [0.1, 0.15) is 133 Å². The van der Waals surface area contributed by atoms with Crippen LogP contribution >= 0.6 is 0 Å². The Morgan fingerprint density at radius 3 is 2.19 bits per heavy atom. The van der Waals surface area contributed by atoms with Gasteiger partial charge >= 0.3 is 5.97 Å². The van der Waals surface area contributed by atoms with Crippen LogP contribution in [0.2, 0.25) is 18.1 Å². The molecule has 4 saturated carbocycles. The van der Waals surface area contributed by atoms with E-state index in [0.717, 1.165) is 56.9 Å². The predicted octanol–water partition coefficient (Wildman–Crippen LogP) is 10.9. The summed E-state index contributed by atoms with van der Waals surface area (Å²) in [5, 5.41) is 12.1. The van der Waals surface area contributed by atoms with Crippen LogP contribution < -0.4 is 0 Å². The van der Waals surface area contributed by atoms with E-state index in [4.69, 9.17) is 9.16 Å². The van der Waals surface area contributed by atoms with Crippen LogP contribution in [0, 0.1) is 50.2 Å². The van der Waals surface area contributed by atoms with Crippen molar-refractivity contribution in [2.45, 2.75) is 164 Å². The maximum absolute atomic E-state index is 14.4. The quantitative estimate of drug-likeness (QED) is 0.192. The lowest BCUT2D eigenvalue weighted by Crippen LogP contribution is -2.68. The minimum absolute atomic E-state index is 0.0290. The second-order valence-corrected chi connectivity index (χ2v) is 25.6. The summed E-state index contributed by atoms with van der Waals surface area (Å²) < 4.78 is 13.4. The van der Waals surface area contributed by atoms with Gasteiger partial charge in [0.25, 0.3) is 0 Å². The molecule has 5 aliphatic carbocycles. The van der Waals surface area contributed by atoms with Gasteiger partial charge in [-0.2, -0.15) is 0 Å². The van der Waals surface area contributed by atoms with Gasteiger partial charge in [0.15, 0.2) is 8.32 Å². The molecule has 9 atom stereocenters. The van der Waals surface area contributed by atoms with Crippen LogP contribution in [-0.4, -0.2) is 31.6 Å². The van der Waals surface area contributed by atoms with Crippen molar-refractivity contribution >= 4 is 14.3 Å². The van der Waals surface area contributed by atoms with Gasteiger partial charge in [-0.05, 0) is 126 Å². The molecule has 5 aliphatic rings. The van der Waals surface area contributed by atoms with Gasteiger partial charge in [0, 0.05) is 0 Å². The lowest BCUT2D eigenvalue weighted by molar-refractivity contribution is -0.229. The molecule has 1 N–H and O–H groups in total. The molecule has 0 aliphatic heterocycles. The lowest BCUT2D eigenvalue weighted by Gasteiger charge is -2.72. The fraction of sp³-hybridized carbons (Fsp3) is 0.791. The maximum Gasteiger partial charge on any atom is 0.313 e. The number of rotatable bonds is 5. The highest BCUT2D eigenvalue weighted by molar-refractivity contribution is 6.74. The number of esters is 1. The molecule has 0 heterocycles. The van der Waals surface area contributed by atoms with Gasteiger partial charge < -0.3 is 14.3 Å². The van der Waals surface area contributed by atoms with Crippen LogP contribution in [0.3, 0.4) is 0 Å². The molecule has 4 fully saturated rings. The summed E-state index contributed by atoms with van der Waals surface area (Å²) >= 11 is 0. The molecular formula is C43H68O4Si. The summed E-state index contributed by atoms with van der Waals surface area (Å²) in [6, 6.07) is 10.2. The zero-order valence-corrected chi connectivity index (χ0v) is 33.6. The smallest absolute Gasteiger partial charge is 0.313 e. The minimum Gasteiger partial charge on any atom is -0.460 e. The Balaban J connectivity index is 1.36. The number of aliphatic hydroxyl groups is 1. The van der Waals surface area contributed by atoms with Crippen LogP contribution in [0.4, 0.5) is 0 Å². The highest BCUT2D eigenvalue weighted by Crippen LogP contribution is 2.76. The molecule has 48 heavy (non-hydrogen) atoms. The monoisotopic (exact) mass is 676 g/mol. The van der Waals surface area contributed by atoms with E-state index in [1.165, 1.54) is 6.42 Å². The largest absolute Gasteiger partial charge is 0.460 e. The zero-order chi connectivity index (χ0) is 35.3. The van der Waals surface area contributed by atoms with E-state index in [-0.39, 0.29) is 50.1 Å². The van der Waals surface area contributed by atoms with Gasteiger partial charge in [-0.15, -0.1) is 0 Å². The predicted molar refractivity (Wildman–Crippen MR) is 199 cm³/mol. The molecule has 0 saturated heterocycles. The van der Waals surface area contributed by atoms with Gasteiger partial charge in [-0.25, -0.2) is 0 Å². The summed E-state index contributed by atoms with van der Waals surface area (Å²) in [6.07, 6.45) is 11.4. The fourth-order valence-electron chi connectivity index (χ4n) is 12.2. The van der Waals surface area contributed by atoms with Gasteiger partial charge in [-0.1, -0.05) is 111 Å². The Bertz CT molecular complexity index is 1420. The zero-order valence-electron chi connectivity index (χ0n) is 32.6. The normalized spacial score (nSPS) is 41.9. The van der Waals surface area contributed by atoms with Crippen LogP contribution in [0.15, 0.2) is 42.0 Å². The third-order valence-electron chi connectivity index (χ3n) is 16.4. The van der Waals surface area contributed by atoms with Crippen LogP contribution in [-0.2, 0) is 20.6 Å². The second kappa shape index (κ2) is 11.5. The van der Waals surface area contributed by atoms with E-state index < -0.39 is 19.8 Å². The Kier molecular flexibility index (Phi) is 8.74. The third kappa shape index (κ3) is 5.37. The number of hydrogen-bond acceptors (Lipinski definition) is 4. The van der Waals surface area contributed by atoms with E-state index in [1.54, 1.807) is 5.57 Å². The maximum atomic E-state index is 14.4. The van der Waals surface area contributed by atoms with Gasteiger partial charge in [0.1, 0.15) is 6.61 Å². The van der Waals surface area contributed by atoms with Crippen molar-refractivity contribution in [2.24, 2.45) is 50.2 Å². The minimum atomic E-state index is -2.09. The third-order valence-corrected chi connectivity index (χ3v) is 20.9. The molecule has 268 valence electrons. The summed E-state index contributed by atoms with van der Waals surface area (Å²) in [5.74, 6) is 1.21. The topological polar surface area (TPSA) is 55.8 Å². The molecule has 0 spiro atoms. The molecule has 0 aromatic heterocycles. The van der Waals surface area contributed by atoms with E-state index in [9.17, 15) is 9.90 Å². The number of hydrogen-bond donors (Lipinski definition) is 1. The number of allylic oxidation sites excluding steroid dienone is 2. The summed E-state index contributed by atoms with van der Waals surface area (Å²) in [6.45, 7) is 29.2. The van der Waals surface area contributed by atoms with E-state index in [1.807, 2.05) is 18.2 Å². The summed E-state index contributed by atoms with van der Waals surface area (Å²) in [4.78, 5) is 14.4. The average molecular weight is 677 g/mol. The standard InChI is InChI=1S/C43H68O4Si/c1-37(2,3)48(11,12)47-32-27-40(8)33(39(6,7)35(32)44)20-21-42(10)34(40)19-18-30-31-26-38(4,5)22-24-43(31,25-23-41(30,42)9)36(45)46-28-29-16-14-13-15-17-29/h13-18,31-35,44H,19-28H2,1-12H3/t31-,32+,33-,34+,35+,40-,41+,42+,43-/m0/s1. The van der Waals surface area contributed by atoms with E-state index in [2.05, 4.69) is 101 Å². The summed E-state index contributed by atoms with van der Waals surface area (Å²) in [5.41, 5.74) is 2.38. The Morgan fingerprint density at radius 2 is 1.54 bits per heavy atom. The first-order valence-electron chi connectivity index (χ1n) is 19.3. The molecule has 0 amide bonds. The fourth-order valence-corrected chi connectivity index (χ4v) is 13.6. The number of ether oxygens (including phenoxy) is 1. The number of benzene rings is 1. The number of carbonyl (C=O) groups is 1. The number of aliphatic hydroxyl groups excluding tert-OH is 1. The Morgan fingerprint density at radius 1 is 0.896 bits per heavy atom. The molecule has 6 rings (SSSR count). The first kappa shape index (κ1) is 36.4. The molecule has 4 nitrogen and oxygen atoms in total. The molecule has 0 radical (unpaired) electrons. The SMILES string of the molecule is CC1(C)CC[C@]2(C(=O)OCc3ccccc3)CC[C@]3(C)C(=CC[C@@H]4[C@@]5(C)C[C@@H](O[Si](C)(C)C(C)(C)C)[C@@H](O)C(C)(C)[C@@H]5CC[C@]43C)[C@@H]2C1. The van der Waals surface area contributed by atoms with E-state index in [0.29, 0.717) is 18.4 Å². The van der Waals surface area contributed by atoms with Crippen molar-refractivity contribution in [3.8, 4) is 0 Å². The van der Waals surface area contributed by atoms with E-state index >= 15 is 0 Å². The van der Waals surface area contributed by atoms with Gasteiger partial charge in [0.05, 0.1) is 17.6 Å². The Labute approximate surface area is 294 Å². The highest BCUT2D eigenvalue weighted by atomic mass is 28.4. The lowest BCUT2D eigenvalue weighted by atomic mass is 9.33. The van der Waals surface area contributed by atoms with Gasteiger partial charge in [0.2, 0.25) is 0 Å². The van der Waals surface area contributed by atoms with Crippen molar-refractivity contribution in [1.29, 1.82) is 0 Å². The van der Waals surface area contributed by atoms with Crippen molar-refractivity contribution in [2.75, 3.05) is 0 Å².